The van der Waals surface area contributed by atoms with Gasteiger partial charge < -0.3 is 5.11 Å². The number of hydrogen-bond donors (Lipinski definition) is 1. The van der Waals surface area contributed by atoms with E-state index in [1.807, 2.05) is 0 Å². The van der Waals surface area contributed by atoms with Gasteiger partial charge in [0.25, 0.3) is 0 Å². The highest BCUT2D eigenvalue weighted by Crippen LogP contribution is 2.43. The molecule has 21 heavy (non-hydrogen) atoms. The van der Waals surface area contributed by atoms with Crippen molar-refractivity contribution in [3.8, 4) is 0 Å². The van der Waals surface area contributed by atoms with E-state index in [4.69, 9.17) is 11.6 Å². The summed E-state index contributed by atoms with van der Waals surface area (Å²) in [6.45, 7) is 3.44. The molecule has 3 rings (SSSR count). The van der Waals surface area contributed by atoms with E-state index in [9.17, 15) is 9.90 Å². The van der Waals surface area contributed by atoms with Crippen LogP contribution in [0.15, 0.2) is 36.9 Å². The van der Waals surface area contributed by atoms with Gasteiger partial charge in [-0.25, -0.2) is 9.67 Å². The lowest BCUT2D eigenvalue weighted by Crippen LogP contribution is -2.34. The fourth-order valence-electron chi connectivity index (χ4n) is 2.56. The molecule has 1 amide bonds. The van der Waals surface area contributed by atoms with Crippen molar-refractivity contribution in [3.05, 3.63) is 41.9 Å². The summed E-state index contributed by atoms with van der Waals surface area (Å²) in [7, 11) is 0. The number of carbonyl (C=O) groups excluding carboxylic acids is 1. The Hall–Kier alpha value is -1.92. The zero-order valence-corrected chi connectivity index (χ0v) is 12.4. The van der Waals surface area contributed by atoms with Gasteiger partial charge in [-0.05, 0) is 38.1 Å². The molecule has 1 saturated heterocycles. The molecule has 1 aromatic carbocycles. The maximum Gasteiger partial charge on any atom is 0.237 e. The maximum atomic E-state index is 12.7. The lowest BCUT2D eigenvalue weighted by Gasteiger charge is -2.26. The van der Waals surface area contributed by atoms with Crippen molar-refractivity contribution in [2.75, 3.05) is 4.90 Å². The molecule has 2 aromatic rings. The first kappa shape index (κ1) is 14.0. The molecule has 0 aliphatic carbocycles. The number of halogens is 1. The number of hydrogen-bond acceptors (Lipinski definition) is 4. The highest BCUT2D eigenvalue weighted by Gasteiger charge is 2.54. The second kappa shape index (κ2) is 4.82. The Morgan fingerprint density at radius 1 is 1.29 bits per heavy atom. The molecule has 1 N–H and O–H groups in total. The molecule has 2 atom stereocenters. The normalized spacial score (nSPS) is 24.6. The van der Waals surface area contributed by atoms with Gasteiger partial charge in [-0.3, -0.25) is 9.69 Å². The molecule has 0 spiro atoms. The highest BCUT2D eigenvalue weighted by molar-refractivity contribution is 6.30. The van der Waals surface area contributed by atoms with E-state index in [0.29, 0.717) is 10.7 Å². The minimum atomic E-state index is -0.906. The summed E-state index contributed by atoms with van der Waals surface area (Å²) >= 11 is 5.90. The van der Waals surface area contributed by atoms with Gasteiger partial charge in [-0.2, -0.15) is 5.10 Å². The first-order chi connectivity index (χ1) is 9.93. The van der Waals surface area contributed by atoms with Crippen LogP contribution in [0.3, 0.4) is 0 Å². The Morgan fingerprint density at radius 3 is 2.52 bits per heavy atom. The predicted molar refractivity (Wildman–Crippen MR) is 77.8 cm³/mol. The van der Waals surface area contributed by atoms with E-state index in [2.05, 4.69) is 10.1 Å². The summed E-state index contributed by atoms with van der Waals surface area (Å²) in [5, 5.41) is 15.2. The minimum Gasteiger partial charge on any atom is -0.388 e. The third kappa shape index (κ3) is 2.11. The lowest BCUT2D eigenvalue weighted by atomic mass is 9.88. The number of amides is 1. The molecule has 1 aromatic heterocycles. The van der Waals surface area contributed by atoms with Crippen molar-refractivity contribution < 1.29 is 9.90 Å². The Bertz CT molecular complexity index is 654. The second-order valence-corrected chi connectivity index (χ2v) is 6.04. The second-order valence-electron chi connectivity index (χ2n) is 5.61. The maximum absolute atomic E-state index is 12.7. The van der Waals surface area contributed by atoms with Crippen molar-refractivity contribution in [2.24, 2.45) is 5.41 Å². The molecule has 0 bridgehead atoms. The number of rotatable bonds is 2. The van der Waals surface area contributed by atoms with E-state index >= 15 is 0 Å². The van der Waals surface area contributed by atoms with Gasteiger partial charge in [0.15, 0.2) is 6.17 Å². The number of aliphatic hydroxyl groups is 1. The zero-order chi connectivity index (χ0) is 15.2. The summed E-state index contributed by atoms with van der Waals surface area (Å²) in [4.78, 5) is 18.1. The van der Waals surface area contributed by atoms with Crippen LogP contribution in [-0.2, 0) is 4.79 Å². The van der Waals surface area contributed by atoms with Crippen LogP contribution in [0.4, 0.5) is 5.69 Å². The molecule has 0 saturated carbocycles. The fourth-order valence-corrected chi connectivity index (χ4v) is 2.69. The van der Waals surface area contributed by atoms with Crippen molar-refractivity contribution in [1.82, 2.24) is 14.8 Å². The van der Waals surface area contributed by atoms with Crippen LogP contribution in [-0.4, -0.2) is 31.9 Å². The molecule has 1 aliphatic heterocycles. The molecule has 1 aliphatic rings. The van der Waals surface area contributed by atoms with Gasteiger partial charge in [0.1, 0.15) is 18.8 Å². The number of aliphatic hydroxyl groups excluding tert-OH is 1. The fraction of sp³-hybridized carbons (Fsp3) is 0.357. The van der Waals surface area contributed by atoms with Gasteiger partial charge in [-0.15, -0.1) is 0 Å². The van der Waals surface area contributed by atoms with E-state index in [-0.39, 0.29) is 5.91 Å². The molecular formula is C14H15ClN4O2. The van der Waals surface area contributed by atoms with E-state index in [0.717, 1.165) is 0 Å². The molecule has 1 fully saturated rings. The summed E-state index contributed by atoms with van der Waals surface area (Å²) in [6, 6.07) is 6.91. The van der Waals surface area contributed by atoms with Gasteiger partial charge in [0.05, 0.1) is 5.41 Å². The summed E-state index contributed by atoms with van der Waals surface area (Å²) in [6.07, 6.45) is 1.34. The first-order valence-electron chi connectivity index (χ1n) is 6.54. The quantitative estimate of drug-likeness (QED) is 0.919. The largest absolute Gasteiger partial charge is 0.388 e. The van der Waals surface area contributed by atoms with Crippen molar-refractivity contribution in [3.63, 3.8) is 0 Å². The third-order valence-electron chi connectivity index (χ3n) is 3.87. The van der Waals surface area contributed by atoms with Crippen LogP contribution in [0.5, 0.6) is 0 Å². The predicted octanol–water partition coefficient (Wildman–Crippen LogP) is 1.86. The average Bonchev–Trinajstić information content (AvgIpc) is 3.03. The van der Waals surface area contributed by atoms with Crippen LogP contribution in [0.1, 0.15) is 20.0 Å². The smallest absolute Gasteiger partial charge is 0.237 e. The van der Waals surface area contributed by atoms with E-state index < -0.39 is 17.7 Å². The van der Waals surface area contributed by atoms with Crippen molar-refractivity contribution in [1.29, 1.82) is 0 Å². The van der Waals surface area contributed by atoms with E-state index in [1.54, 1.807) is 38.1 Å². The first-order valence-corrected chi connectivity index (χ1v) is 6.92. The van der Waals surface area contributed by atoms with Crippen LogP contribution in [0, 0.1) is 5.41 Å². The Balaban J connectivity index is 2.10. The van der Waals surface area contributed by atoms with Gasteiger partial charge in [0, 0.05) is 10.7 Å². The minimum absolute atomic E-state index is 0.169. The van der Waals surface area contributed by atoms with E-state index in [1.165, 1.54) is 22.2 Å². The van der Waals surface area contributed by atoms with Crippen LogP contribution in [0.2, 0.25) is 5.02 Å². The van der Waals surface area contributed by atoms with Crippen molar-refractivity contribution in [2.45, 2.75) is 26.1 Å². The van der Waals surface area contributed by atoms with Gasteiger partial charge >= 0.3 is 0 Å². The monoisotopic (exact) mass is 306 g/mol. The van der Waals surface area contributed by atoms with Gasteiger partial charge in [-0.1, -0.05) is 11.6 Å². The topological polar surface area (TPSA) is 71.2 Å². The summed E-state index contributed by atoms with van der Waals surface area (Å²) in [5.74, 6) is -0.169. The Morgan fingerprint density at radius 2 is 1.95 bits per heavy atom. The molecule has 6 nitrogen and oxygen atoms in total. The standard InChI is InChI=1S/C14H15ClN4O2/c1-14(2)11(20)12(18-8-16-7-17-18)19(13(14)21)10-5-3-9(15)4-6-10/h3-8,11-12,20H,1-2H3. The lowest BCUT2D eigenvalue weighted by molar-refractivity contribution is -0.126. The number of carbonyl (C=O) groups is 1. The number of nitrogens with zero attached hydrogens (tertiary/aromatic N) is 4. The molecule has 2 heterocycles. The Labute approximate surface area is 127 Å². The number of benzene rings is 1. The molecule has 0 radical (unpaired) electrons. The van der Waals surface area contributed by atoms with Crippen molar-refractivity contribution >= 4 is 23.2 Å². The number of aromatic nitrogens is 3. The highest BCUT2D eigenvalue weighted by atomic mass is 35.5. The van der Waals surface area contributed by atoms with Gasteiger partial charge in [0.2, 0.25) is 5.91 Å². The van der Waals surface area contributed by atoms with Crippen LogP contribution in [0.25, 0.3) is 0 Å². The number of anilines is 1. The summed E-state index contributed by atoms with van der Waals surface area (Å²) in [5.41, 5.74) is -0.245. The summed E-state index contributed by atoms with van der Waals surface area (Å²) < 4.78 is 1.49. The molecular weight excluding hydrogens is 292 g/mol. The molecule has 110 valence electrons. The zero-order valence-electron chi connectivity index (χ0n) is 11.6. The van der Waals surface area contributed by atoms with Crippen LogP contribution < -0.4 is 4.90 Å². The molecule has 7 heteroatoms. The molecule has 2 unspecified atom stereocenters. The van der Waals surface area contributed by atoms with Crippen LogP contribution >= 0.6 is 11.6 Å². The average molecular weight is 307 g/mol. The Kier molecular flexibility index (Phi) is 3.22. The third-order valence-corrected chi connectivity index (χ3v) is 4.12. The SMILES string of the molecule is CC1(C)C(=O)N(c2ccc(Cl)cc2)C(n2cncn2)C1O.